The highest BCUT2D eigenvalue weighted by Crippen LogP contribution is 2.39. The third kappa shape index (κ3) is 3.99. The highest BCUT2D eigenvalue weighted by molar-refractivity contribution is 9.10. The Kier molecular flexibility index (Phi) is 5.68. The first-order valence-corrected chi connectivity index (χ1v) is 8.14. The number of rotatable bonds is 3. The summed E-state index contributed by atoms with van der Waals surface area (Å²) in [6.07, 6.45) is 9.29. The lowest BCUT2D eigenvalue weighted by molar-refractivity contribution is -0.124. The Morgan fingerprint density at radius 3 is 2.67 bits per heavy atom. The molecule has 5 nitrogen and oxygen atoms in total. The third-order valence-electron chi connectivity index (χ3n) is 4.61. The van der Waals surface area contributed by atoms with Crippen molar-refractivity contribution in [2.75, 3.05) is 0 Å². The quantitative estimate of drug-likeness (QED) is 0.847. The number of aromatic nitrogens is 2. The minimum Gasteiger partial charge on any atom is -0.351 e. The highest BCUT2D eigenvalue weighted by atomic mass is 79.9. The molecular formula is C14H22BrClN4O. The Hall–Kier alpha value is -0.590. The molecule has 0 aromatic carbocycles. The number of nitrogens with two attached hydrogens (primary N) is 1. The molecule has 7 heteroatoms. The number of hydrogen-bond donors (Lipinski definition) is 2. The van der Waals surface area contributed by atoms with Crippen LogP contribution in [-0.2, 0) is 11.3 Å². The van der Waals surface area contributed by atoms with Crippen LogP contribution in [0.25, 0.3) is 0 Å². The number of fused-ring (bicyclic) bond motifs is 2. The second-order valence-electron chi connectivity index (χ2n) is 6.13. The van der Waals surface area contributed by atoms with Crippen molar-refractivity contribution in [3.63, 3.8) is 0 Å². The molecule has 0 spiro atoms. The minimum absolute atomic E-state index is 0. The fourth-order valence-corrected chi connectivity index (χ4v) is 4.16. The molecule has 118 valence electrons. The molecule has 0 aliphatic heterocycles. The van der Waals surface area contributed by atoms with Gasteiger partial charge in [0.05, 0.1) is 10.7 Å². The van der Waals surface area contributed by atoms with E-state index >= 15 is 0 Å². The van der Waals surface area contributed by atoms with Gasteiger partial charge in [-0.05, 0) is 53.4 Å². The van der Waals surface area contributed by atoms with Gasteiger partial charge in [-0.15, -0.1) is 12.4 Å². The zero-order valence-electron chi connectivity index (χ0n) is 11.9. The molecule has 21 heavy (non-hydrogen) atoms. The maximum absolute atomic E-state index is 12.2. The van der Waals surface area contributed by atoms with Gasteiger partial charge in [-0.2, -0.15) is 5.10 Å². The van der Waals surface area contributed by atoms with E-state index in [1.54, 1.807) is 10.9 Å². The van der Waals surface area contributed by atoms with Gasteiger partial charge in [0.1, 0.15) is 6.54 Å². The Morgan fingerprint density at radius 2 is 2.10 bits per heavy atom. The Morgan fingerprint density at radius 1 is 1.43 bits per heavy atom. The normalized spacial score (nSPS) is 31.3. The van der Waals surface area contributed by atoms with Gasteiger partial charge in [0.2, 0.25) is 5.91 Å². The Bertz CT molecular complexity index is 481. The average Bonchev–Trinajstić information content (AvgIpc) is 2.76. The van der Waals surface area contributed by atoms with Crippen molar-refractivity contribution in [3.8, 4) is 0 Å². The summed E-state index contributed by atoms with van der Waals surface area (Å²) in [6.45, 7) is 0.285. The molecule has 1 aromatic heterocycles. The molecule has 2 saturated carbocycles. The van der Waals surface area contributed by atoms with E-state index in [1.807, 2.05) is 6.20 Å². The lowest BCUT2D eigenvalue weighted by Crippen LogP contribution is -2.54. The predicted octanol–water partition coefficient (Wildman–Crippen LogP) is 2.09. The molecule has 3 rings (SSSR count). The second-order valence-corrected chi connectivity index (χ2v) is 7.05. The average molecular weight is 378 g/mol. The monoisotopic (exact) mass is 376 g/mol. The van der Waals surface area contributed by atoms with Crippen LogP contribution < -0.4 is 11.1 Å². The smallest absolute Gasteiger partial charge is 0.241 e. The number of nitrogens with one attached hydrogen (secondary N) is 1. The molecular weight excluding hydrogens is 356 g/mol. The van der Waals surface area contributed by atoms with Crippen LogP contribution in [0.2, 0.25) is 0 Å². The fraction of sp³-hybridized carbons (Fsp3) is 0.714. The van der Waals surface area contributed by atoms with Crippen molar-refractivity contribution < 1.29 is 4.79 Å². The summed E-state index contributed by atoms with van der Waals surface area (Å²) >= 11 is 3.34. The predicted molar refractivity (Wildman–Crippen MR) is 87.1 cm³/mol. The summed E-state index contributed by atoms with van der Waals surface area (Å²) in [5, 5.41) is 7.35. The summed E-state index contributed by atoms with van der Waals surface area (Å²) < 4.78 is 2.55. The zero-order valence-corrected chi connectivity index (χ0v) is 14.3. The molecule has 2 unspecified atom stereocenters. The number of carbonyl (C=O) groups excluding carboxylic acids is 1. The Labute approximate surface area is 139 Å². The number of amides is 1. The van der Waals surface area contributed by atoms with Crippen molar-refractivity contribution >= 4 is 34.2 Å². The molecule has 1 aromatic rings. The molecule has 2 fully saturated rings. The molecule has 2 atom stereocenters. The van der Waals surface area contributed by atoms with Crippen molar-refractivity contribution in [2.45, 2.75) is 50.7 Å². The van der Waals surface area contributed by atoms with Gasteiger partial charge in [0.25, 0.3) is 0 Å². The van der Waals surface area contributed by atoms with Crippen LogP contribution in [0.4, 0.5) is 0 Å². The largest absolute Gasteiger partial charge is 0.351 e. The van der Waals surface area contributed by atoms with E-state index in [2.05, 4.69) is 26.3 Å². The van der Waals surface area contributed by atoms with Gasteiger partial charge in [-0.25, -0.2) is 0 Å². The fourth-order valence-electron chi connectivity index (χ4n) is 3.83. The van der Waals surface area contributed by atoms with Crippen molar-refractivity contribution in [1.29, 1.82) is 0 Å². The number of halogens is 2. The number of nitrogens with zero attached hydrogens (tertiary/aromatic N) is 2. The lowest BCUT2D eigenvalue weighted by Gasteiger charge is -2.45. The van der Waals surface area contributed by atoms with Crippen molar-refractivity contribution in [2.24, 2.45) is 17.6 Å². The van der Waals surface area contributed by atoms with Gasteiger partial charge in [-0.3, -0.25) is 9.48 Å². The first-order chi connectivity index (χ1) is 9.61. The van der Waals surface area contributed by atoms with Crippen LogP contribution in [0, 0.1) is 11.8 Å². The second kappa shape index (κ2) is 7.11. The number of hydrogen-bond acceptors (Lipinski definition) is 3. The first-order valence-electron chi connectivity index (χ1n) is 7.34. The summed E-state index contributed by atoms with van der Waals surface area (Å²) in [6, 6.07) is 0.635. The van der Waals surface area contributed by atoms with Crippen LogP contribution >= 0.6 is 28.3 Å². The van der Waals surface area contributed by atoms with Crippen LogP contribution in [0.15, 0.2) is 16.9 Å². The third-order valence-corrected chi connectivity index (χ3v) is 5.02. The SMILES string of the molecule is Cl.NC1CC2CCCC(C1)C2NC(=O)Cn1cc(Br)cn1. The molecule has 1 amide bonds. The van der Waals surface area contributed by atoms with E-state index in [4.69, 9.17) is 5.73 Å². The van der Waals surface area contributed by atoms with Crippen LogP contribution in [0.5, 0.6) is 0 Å². The zero-order chi connectivity index (χ0) is 14.1. The highest BCUT2D eigenvalue weighted by Gasteiger charge is 2.39. The molecule has 2 aliphatic rings. The van der Waals surface area contributed by atoms with Crippen LogP contribution in [0.1, 0.15) is 32.1 Å². The summed E-state index contributed by atoms with van der Waals surface area (Å²) in [5.74, 6) is 1.18. The minimum atomic E-state index is 0. The van der Waals surface area contributed by atoms with E-state index < -0.39 is 0 Å². The van der Waals surface area contributed by atoms with E-state index in [-0.39, 0.29) is 24.9 Å². The van der Waals surface area contributed by atoms with Crippen LogP contribution in [0.3, 0.4) is 0 Å². The lowest BCUT2D eigenvalue weighted by atomic mass is 9.67. The van der Waals surface area contributed by atoms with Crippen molar-refractivity contribution in [1.82, 2.24) is 15.1 Å². The van der Waals surface area contributed by atoms with Gasteiger partial charge in [-0.1, -0.05) is 6.42 Å². The molecule has 2 bridgehead atoms. The van der Waals surface area contributed by atoms with E-state index in [0.29, 0.717) is 23.9 Å². The number of carbonyl (C=O) groups is 1. The summed E-state index contributed by atoms with van der Waals surface area (Å²) in [7, 11) is 0. The van der Waals surface area contributed by atoms with Crippen LogP contribution in [-0.4, -0.2) is 27.8 Å². The first kappa shape index (κ1) is 16.8. The standard InChI is InChI=1S/C14H21BrN4O.ClH/c15-11-6-17-19(7-11)8-13(20)18-14-9-2-1-3-10(14)5-12(16)4-9;/h6-7,9-10,12,14H,1-5,8,16H2,(H,18,20);1H. The molecule has 1 heterocycles. The molecule has 0 radical (unpaired) electrons. The Balaban J connectivity index is 0.00000161. The van der Waals surface area contributed by atoms with Gasteiger partial charge in [0, 0.05) is 18.3 Å². The molecule has 2 aliphatic carbocycles. The van der Waals surface area contributed by atoms with Gasteiger partial charge in [0.15, 0.2) is 0 Å². The summed E-state index contributed by atoms with van der Waals surface area (Å²) in [5.41, 5.74) is 6.11. The maximum atomic E-state index is 12.2. The van der Waals surface area contributed by atoms with E-state index in [1.165, 1.54) is 19.3 Å². The maximum Gasteiger partial charge on any atom is 0.241 e. The van der Waals surface area contributed by atoms with E-state index in [0.717, 1.165) is 17.3 Å². The van der Waals surface area contributed by atoms with E-state index in [9.17, 15) is 4.79 Å². The topological polar surface area (TPSA) is 72.9 Å². The molecule has 0 saturated heterocycles. The molecule has 3 N–H and O–H groups in total. The summed E-state index contributed by atoms with van der Waals surface area (Å²) in [4.78, 5) is 12.2. The van der Waals surface area contributed by atoms with Crippen molar-refractivity contribution in [3.05, 3.63) is 16.9 Å². The van der Waals surface area contributed by atoms with Gasteiger partial charge < -0.3 is 11.1 Å². The van der Waals surface area contributed by atoms with Gasteiger partial charge >= 0.3 is 0 Å².